The third-order valence-corrected chi connectivity index (χ3v) is 4.35. The van der Waals surface area contributed by atoms with Gasteiger partial charge in [-0.2, -0.15) is 10.4 Å². The Balaban J connectivity index is 1.81. The smallest absolute Gasteiger partial charge is 0.213 e. The normalized spacial score (nSPS) is 10.7. The van der Waals surface area contributed by atoms with Gasteiger partial charge < -0.3 is 0 Å². The van der Waals surface area contributed by atoms with Crippen LogP contribution in [0.4, 0.5) is 0 Å². The van der Waals surface area contributed by atoms with Gasteiger partial charge in [-0.1, -0.05) is 59.9 Å². The summed E-state index contributed by atoms with van der Waals surface area (Å²) >= 11 is 1.49. The predicted octanol–water partition coefficient (Wildman–Crippen LogP) is 4.00. The van der Waals surface area contributed by atoms with Crippen molar-refractivity contribution in [3.8, 4) is 27.9 Å². The molecule has 0 bridgehead atoms. The Kier molecular flexibility index (Phi) is 2.95. The Bertz CT molecular complexity index is 961. The van der Waals surface area contributed by atoms with Crippen LogP contribution in [0.2, 0.25) is 0 Å². The summed E-state index contributed by atoms with van der Waals surface area (Å²) < 4.78 is 1.77. The average Bonchev–Trinajstić information content (AvgIpc) is 3.14. The highest BCUT2D eigenvalue weighted by Crippen LogP contribution is 2.29. The zero-order valence-corrected chi connectivity index (χ0v) is 12.3. The molecule has 4 rings (SSSR count). The fourth-order valence-corrected chi connectivity index (χ4v) is 3.24. The quantitative estimate of drug-likeness (QED) is 0.562. The molecule has 2 aromatic carbocycles. The van der Waals surface area contributed by atoms with E-state index in [1.807, 2.05) is 54.7 Å². The molecule has 0 aliphatic carbocycles. The molecule has 0 unspecified atom stereocenters. The summed E-state index contributed by atoms with van der Waals surface area (Å²) in [6.45, 7) is 0. The van der Waals surface area contributed by atoms with Crippen molar-refractivity contribution in [1.82, 2.24) is 14.6 Å². The van der Waals surface area contributed by atoms with Crippen LogP contribution in [-0.2, 0) is 0 Å². The van der Waals surface area contributed by atoms with Gasteiger partial charge in [0, 0.05) is 11.1 Å². The van der Waals surface area contributed by atoms with Crippen molar-refractivity contribution in [3.63, 3.8) is 0 Å². The molecule has 22 heavy (non-hydrogen) atoms. The molecule has 0 aliphatic rings. The third kappa shape index (κ3) is 2.07. The molecule has 4 aromatic rings. The minimum Gasteiger partial charge on any atom is -0.217 e. The maximum absolute atomic E-state index is 9.20. The van der Waals surface area contributed by atoms with Crippen molar-refractivity contribution < 1.29 is 0 Å². The van der Waals surface area contributed by atoms with Crippen LogP contribution in [0.25, 0.3) is 26.8 Å². The summed E-state index contributed by atoms with van der Waals surface area (Å²) in [5.74, 6) is 0. The molecule has 0 N–H and O–H groups in total. The van der Waals surface area contributed by atoms with Gasteiger partial charge in [0.05, 0.1) is 23.5 Å². The van der Waals surface area contributed by atoms with Crippen molar-refractivity contribution in [2.24, 2.45) is 0 Å². The number of rotatable bonds is 2. The lowest BCUT2D eigenvalue weighted by Gasteiger charge is -1.97. The second kappa shape index (κ2) is 5.10. The maximum atomic E-state index is 9.20. The van der Waals surface area contributed by atoms with E-state index in [0.29, 0.717) is 5.56 Å². The van der Waals surface area contributed by atoms with Gasteiger partial charge in [-0.25, -0.2) is 9.50 Å². The number of hydrogen-bond donors (Lipinski definition) is 0. The van der Waals surface area contributed by atoms with E-state index in [2.05, 4.69) is 16.2 Å². The van der Waals surface area contributed by atoms with Crippen LogP contribution in [0.1, 0.15) is 5.56 Å². The molecule has 0 atom stereocenters. The first kappa shape index (κ1) is 12.7. The van der Waals surface area contributed by atoms with Crippen LogP contribution < -0.4 is 0 Å². The Hall–Kier alpha value is -2.97. The number of benzene rings is 2. The number of imidazole rings is 1. The molecule has 2 aromatic heterocycles. The Morgan fingerprint density at radius 3 is 2.55 bits per heavy atom. The van der Waals surface area contributed by atoms with E-state index in [9.17, 15) is 5.26 Å². The SMILES string of the molecule is N#Cc1ccccc1-c1nn2cc(-c3ccccc3)nc2s1. The predicted molar refractivity (Wildman–Crippen MR) is 86.5 cm³/mol. The number of fused-ring (bicyclic) bond motifs is 1. The Labute approximate surface area is 130 Å². The average molecular weight is 302 g/mol. The summed E-state index contributed by atoms with van der Waals surface area (Å²) in [6, 6.07) is 19.7. The van der Waals surface area contributed by atoms with E-state index in [-0.39, 0.29) is 0 Å². The summed E-state index contributed by atoms with van der Waals surface area (Å²) in [6.07, 6.45) is 1.92. The molecule has 4 nitrogen and oxygen atoms in total. The van der Waals surface area contributed by atoms with Crippen LogP contribution in [0, 0.1) is 11.3 Å². The van der Waals surface area contributed by atoms with Crippen molar-refractivity contribution >= 4 is 16.3 Å². The van der Waals surface area contributed by atoms with Gasteiger partial charge in [0.25, 0.3) is 0 Å². The van der Waals surface area contributed by atoms with Gasteiger partial charge in [-0.05, 0) is 6.07 Å². The number of hydrogen-bond acceptors (Lipinski definition) is 4. The zero-order chi connectivity index (χ0) is 14.9. The van der Waals surface area contributed by atoms with Crippen LogP contribution >= 0.6 is 11.3 Å². The monoisotopic (exact) mass is 302 g/mol. The van der Waals surface area contributed by atoms with Crippen LogP contribution in [0.5, 0.6) is 0 Å². The van der Waals surface area contributed by atoms with E-state index in [0.717, 1.165) is 26.8 Å². The van der Waals surface area contributed by atoms with Gasteiger partial charge >= 0.3 is 0 Å². The molecule has 5 heteroatoms. The molecular formula is C17H10N4S. The first-order chi connectivity index (χ1) is 10.8. The van der Waals surface area contributed by atoms with Gasteiger partial charge in [0.15, 0.2) is 0 Å². The largest absolute Gasteiger partial charge is 0.217 e. The molecule has 0 fully saturated rings. The van der Waals surface area contributed by atoms with Crippen LogP contribution in [-0.4, -0.2) is 14.6 Å². The summed E-state index contributed by atoms with van der Waals surface area (Å²) in [5.41, 5.74) is 3.45. The molecule has 0 spiro atoms. The molecule has 0 saturated heterocycles. The van der Waals surface area contributed by atoms with Crippen LogP contribution in [0.3, 0.4) is 0 Å². The van der Waals surface area contributed by atoms with Gasteiger partial charge in [0.1, 0.15) is 5.01 Å². The van der Waals surface area contributed by atoms with E-state index in [4.69, 9.17) is 0 Å². The van der Waals surface area contributed by atoms with E-state index >= 15 is 0 Å². The van der Waals surface area contributed by atoms with Gasteiger partial charge in [-0.3, -0.25) is 0 Å². The van der Waals surface area contributed by atoms with E-state index in [1.54, 1.807) is 10.6 Å². The highest BCUT2D eigenvalue weighted by molar-refractivity contribution is 7.19. The highest BCUT2D eigenvalue weighted by atomic mass is 32.1. The fourth-order valence-electron chi connectivity index (χ4n) is 2.32. The topological polar surface area (TPSA) is 54.0 Å². The van der Waals surface area contributed by atoms with Crippen LogP contribution in [0.15, 0.2) is 60.8 Å². The Morgan fingerprint density at radius 2 is 1.77 bits per heavy atom. The number of nitriles is 1. The molecule has 0 radical (unpaired) electrons. The Morgan fingerprint density at radius 1 is 1.00 bits per heavy atom. The zero-order valence-electron chi connectivity index (χ0n) is 11.5. The van der Waals surface area contributed by atoms with Crippen molar-refractivity contribution in [3.05, 3.63) is 66.4 Å². The summed E-state index contributed by atoms with van der Waals surface area (Å²) in [4.78, 5) is 5.44. The lowest BCUT2D eigenvalue weighted by molar-refractivity contribution is 0.978. The second-order valence-corrected chi connectivity index (χ2v) is 5.74. The van der Waals surface area contributed by atoms with Crippen molar-refractivity contribution in [2.45, 2.75) is 0 Å². The van der Waals surface area contributed by atoms with Gasteiger partial charge in [0.2, 0.25) is 4.96 Å². The molecule has 2 heterocycles. The number of nitrogens with zero attached hydrogens (tertiary/aromatic N) is 4. The lowest BCUT2D eigenvalue weighted by atomic mass is 10.1. The second-order valence-electron chi connectivity index (χ2n) is 4.78. The first-order valence-electron chi connectivity index (χ1n) is 6.76. The lowest BCUT2D eigenvalue weighted by Crippen LogP contribution is -1.85. The summed E-state index contributed by atoms with van der Waals surface area (Å²) in [7, 11) is 0. The van der Waals surface area contributed by atoms with Crippen molar-refractivity contribution in [1.29, 1.82) is 5.26 Å². The minimum absolute atomic E-state index is 0.628. The first-order valence-corrected chi connectivity index (χ1v) is 7.58. The maximum Gasteiger partial charge on any atom is 0.213 e. The minimum atomic E-state index is 0.628. The third-order valence-electron chi connectivity index (χ3n) is 3.39. The molecule has 0 saturated carbocycles. The molecular weight excluding hydrogens is 292 g/mol. The fraction of sp³-hybridized carbons (Fsp3) is 0. The molecule has 104 valence electrons. The van der Waals surface area contributed by atoms with E-state index < -0.39 is 0 Å². The van der Waals surface area contributed by atoms with E-state index in [1.165, 1.54) is 11.3 Å². The standard InChI is InChI=1S/C17H10N4S/c18-10-13-8-4-5-9-14(13)16-20-21-11-15(19-17(21)22-16)12-6-2-1-3-7-12/h1-9,11H. The highest BCUT2D eigenvalue weighted by Gasteiger charge is 2.13. The molecule has 0 amide bonds. The van der Waals surface area contributed by atoms with Gasteiger partial charge in [-0.15, -0.1) is 0 Å². The molecule has 0 aliphatic heterocycles. The van der Waals surface area contributed by atoms with Crippen molar-refractivity contribution in [2.75, 3.05) is 0 Å². The summed E-state index contributed by atoms with van der Waals surface area (Å²) in [5, 5.41) is 14.6. The number of aromatic nitrogens is 3.